The smallest absolute Gasteiger partial charge is 0.255 e. The van der Waals surface area contributed by atoms with Gasteiger partial charge >= 0.3 is 0 Å². The first-order valence-corrected chi connectivity index (χ1v) is 8.29. The van der Waals surface area contributed by atoms with Crippen LogP contribution in [0.3, 0.4) is 0 Å². The molecule has 126 valence electrons. The molecular formula is C16H23ClN4O2. The summed E-state index contributed by atoms with van der Waals surface area (Å²) in [5.41, 5.74) is 0.477. The lowest BCUT2D eigenvalue weighted by molar-refractivity contribution is -0.123. The monoisotopic (exact) mass is 338 g/mol. The largest absolute Gasteiger partial charge is 0.353 e. The maximum atomic E-state index is 12.4. The van der Waals surface area contributed by atoms with Crippen LogP contribution in [0.15, 0.2) is 18.5 Å². The van der Waals surface area contributed by atoms with Crippen molar-refractivity contribution < 1.29 is 9.59 Å². The van der Waals surface area contributed by atoms with E-state index < -0.39 is 0 Å². The summed E-state index contributed by atoms with van der Waals surface area (Å²) in [6.07, 6.45) is 3.96. The number of amides is 2. The molecule has 2 heterocycles. The van der Waals surface area contributed by atoms with Crippen LogP contribution in [0.25, 0.3) is 0 Å². The van der Waals surface area contributed by atoms with Gasteiger partial charge in [-0.05, 0) is 19.4 Å². The maximum Gasteiger partial charge on any atom is 0.255 e. The van der Waals surface area contributed by atoms with Crippen molar-refractivity contribution in [3.8, 4) is 0 Å². The molecule has 1 fully saturated rings. The van der Waals surface area contributed by atoms with Gasteiger partial charge in [0.25, 0.3) is 5.91 Å². The molecule has 0 aromatic carbocycles. The molecule has 0 unspecified atom stereocenters. The molecule has 2 rings (SSSR count). The summed E-state index contributed by atoms with van der Waals surface area (Å²) in [4.78, 5) is 32.1. The van der Waals surface area contributed by atoms with Gasteiger partial charge in [0, 0.05) is 44.6 Å². The van der Waals surface area contributed by atoms with Crippen LogP contribution in [0.2, 0.25) is 5.02 Å². The minimum Gasteiger partial charge on any atom is -0.353 e. The zero-order valence-electron chi connectivity index (χ0n) is 13.6. The molecule has 0 aliphatic carbocycles. The lowest BCUT2D eigenvalue weighted by Gasteiger charge is -2.34. The average molecular weight is 339 g/mol. The Hall–Kier alpha value is -1.66. The summed E-state index contributed by atoms with van der Waals surface area (Å²) in [7, 11) is 0. The zero-order valence-corrected chi connectivity index (χ0v) is 14.3. The Kier molecular flexibility index (Phi) is 6.36. The molecule has 1 aromatic rings. The quantitative estimate of drug-likeness (QED) is 0.881. The SMILES string of the molecule is CC[C@H](C)NC(=O)CN1CCN(C(=O)c2ccncc2Cl)CC1. The van der Waals surface area contributed by atoms with Crippen LogP contribution < -0.4 is 5.32 Å². The zero-order chi connectivity index (χ0) is 16.8. The molecule has 1 aliphatic rings. The summed E-state index contributed by atoms with van der Waals surface area (Å²) in [5.74, 6) is -0.0441. The van der Waals surface area contributed by atoms with E-state index in [1.807, 2.05) is 13.8 Å². The number of carbonyl (C=O) groups excluding carboxylic acids is 2. The van der Waals surface area contributed by atoms with Crippen molar-refractivity contribution in [1.82, 2.24) is 20.1 Å². The lowest BCUT2D eigenvalue weighted by Crippen LogP contribution is -2.51. The highest BCUT2D eigenvalue weighted by Crippen LogP contribution is 2.16. The Morgan fingerprint density at radius 2 is 2.04 bits per heavy atom. The highest BCUT2D eigenvalue weighted by molar-refractivity contribution is 6.33. The van der Waals surface area contributed by atoms with E-state index in [0.29, 0.717) is 43.3 Å². The van der Waals surface area contributed by atoms with Gasteiger partial charge < -0.3 is 10.2 Å². The molecule has 1 saturated heterocycles. The fraction of sp³-hybridized carbons (Fsp3) is 0.562. The second kappa shape index (κ2) is 8.26. The van der Waals surface area contributed by atoms with Crippen LogP contribution >= 0.6 is 11.6 Å². The molecule has 1 aromatic heterocycles. The molecular weight excluding hydrogens is 316 g/mol. The normalized spacial score (nSPS) is 16.9. The van der Waals surface area contributed by atoms with Crippen molar-refractivity contribution in [3.63, 3.8) is 0 Å². The lowest BCUT2D eigenvalue weighted by atomic mass is 10.2. The molecule has 1 aliphatic heterocycles. The van der Waals surface area contributed by atoms with Gasteiger partial charge in [-0.15, -0.1) is 0 Å². The molecule has 0 saturated carbocycles. The number of hydrogen-bond acceptors (Lipinski definition) is 4. The molecule has 0 spiro atoms. The van der Waals surface area contributed by atoms with Gasteiger partial charge in [-0.1, -0.05) is 18.5 Å². The van der Waals surface area contributed by atoms with Crippen molar-refractivity contribution in [2.24, 2.45) is 0 Å². The van der Waals surface area contributed by atoms with Crippen LogP contribution in [-0.2, 0) is 4.79 Å². The van der Waals surface area contributed by atoms with Gasteiger partial charge in [0.05, 0.1) is 17.1 Å². The summed E-state index contributed by atoms with van der Waals surface area (Å²) >= 11 is 6.02. The van der Waals surface area contributed by atoms with Gasteiger partial charge in [0.15, 0.2) is 0 Å². The number of carbonyl (C=O) groups is 2. The van der Waals surface area contributed by atoms with Crippen LogP contribution in [-0.4, -0.2) is 65.4 Å². The third-order valence-electron chi connectivity index (χ3n) is 4.05. The molecule has 1 atom stereocenters. The number of nitrogens with one attached hydrogen (secondary N) is 1. The van der Waals surface area contributed by atoms with Crippen molar-refractivity contribution >= 4 is 23.4 Å². The van der Waals surface area contributed by atoms with Crippen LogP contribution in [0.4, 0.5) is 0 Å². The van der Waals surface area contributed by atoms with Gasteiger partial charge in [0.1, 0.15) is 0 Å². The molecule has 7 heteroatoms. The van der Waals surface area contributed by atoms with Crippen molar-refractivity contribution in [2.75, 3.05) is 32.7 Å². The Balaban J connectivity index is 1.83. The van der Waals surface area contributed by atoms with E-state index in [1.54, 1.807) is 17.2 Å². The third-order valence-corrected chi connectivity index (χ3v) is 4.35. The third kappa shape index (κ3) is 4.91. The second-order valence-corrected chi connectivity index (χ2v) is 6.21. The summed E-state index contributed by atoms with van der Waals surface area (Å²) in [5, 5.41) is 3.33. The van der Waals surface area contributed by atoms with Gasteiger partial charge in [0.2, 0.25) is 5.91 Å². The van der Waals surface area contributed by atoms with E-state index in [-0.39, 0.29) is 17.9 Å². The summed E-state index contributed by atoms with van der Waals surface area (Å²) in [6, 6.07) is 1.83. The first-order chi connectivity index (χ1) is 11.0. The van der Waals surface area contributed by atoms with E-state index in [2.05, 4.69) is 15.2 Å². The molecule has 0 bridgehead atoms. The minimum absolute atomic E-state index is 0.0382. The highest BCUT2D eigenvalue weighted by atomic mass is 35.5. The Morgan fingerprint density at radius 1 is 1.35 bits per heavy atom. The van der Waals surface area contributed by atoms with E-state index >= 15 is 0 Å². The molecule has 6 nitrogen and oxygen atoms in total. The van der Waals surface area contributed by atoms with E-state index in [1.165, 1.54) is 6.20 Å². The van der Waals surface area contributed by atoms with E-state index in [0.717, 1.165) is 6.42 Å². The number of nitrogens with zero attached hydrogens (tertiary/aromatic N) is 3. The van der Waals surface area contributed by atoms with E-state index in [4.69, 9.17) is 11.6 Å². The minimum atomic E-state index is -0.0823. The summed E-state index contributed by atoms with van der Waals surface area (Å²) in [6.45, 7) is 6.96. The van der Waals surface area contributed by atoms with Crippen LogP contribution in [0.5, 0.6) is 0 Å². The number of hydrogen-bond donors (Lipinski definition) is 1. The van der Waals surface area contributed by atoms with Crippen molar-refractivity contribution in [2.45, 2.75) is 26.3 Å². The molecule has 1 N–H and O–H groups in total. The topological polar surface area (TPSA) is 65.5 Å². The highest BCUT2D eigenvalue weighted by Gasteiger charge is 2.24. The summed E-state index contributed by atoms with van der Waals surface area (Å²) < 4.78 is 0. The van der Waals surface area contributed by atoms with Crippen LogP contribution in [0.1, 0.15) is 30.6 Å². The Labute approximate surface area is 141 Å². The maximum absolute atomic E-state index is 12.4. The Bertz CT molecular complexity index is 559. The van der Waals surface area contributed by atoms with Gasteiger partial charge in [-0.3, -0.25) is 19.5 Å². The Morgan fingerprint density at radius 3 is 2.65 bits per heavy atom. The second-order valence-electron chi connectivity index (χ2n) is 5.80. The fourth-order valence-electron chi connectivity index (χ4n) is 2.45. The standard InChI is InChI=1S/C16H23ClN4O2/c1-3-12(2)19-15(22)11-20-6-8-21(9-7-20)16(23)13-4-5-18-10-14(13)17/h4-5,10,12H,3,6-9,11H2,1-2H3,(H,19,22)/t12-/m0/s1. The number of rotatable bonds is 5. The van der Waals surface area contributed by atoms with Gasteiger partial charge in [-0.25, -0.2) is 0 Å². The predicted octanol–water partition coefficient (Wildman–Crippen LogP) is 1.41. The molecule has 2 amide bonds. The fourth-order valence-corrected chi connectivity index (χ4v) is 2.65. The molecule has 23 heavy (non-hydrogen) atoms. The van der Waals surface area contributed by atoms with Gasteiger partial charge in [-0.2, -0.15) is 0 Å². The van der Waals surface area contributed by atoms with Crippen molar-refractivity contribution in [3.05, 3.63) is 29.0 Å². The average Bonchev–Trinajstić information content (AvgIpc) is 2.55. The van der Waals surface area contributed by atoms with E-state index in [9.17, 15) is 9.59 Å². The first-order valence-electron chi connectivity index (χ1n) is 7.91. The number of pyridine rings is 1. The number of aromatic nitrogens is 1. The number of piperazine rings is 1. The van der Waals surface area contributed by atoms with Crippen molar-refractivity contribution in [1.29, 1.82) is 0 Å². The first kappa shape index (κ1) is 17.7. The molecule has 0 radical (unpaired) electrons. The number of halogens is 1. The van der Waals surface area contributed by atoms with Crippen LogP contribution in [0, 0.1) is 0 Å². The predicted molar refractivity (Wildman–Crippen MR) is 89.5 cm³/mol.